The first-order valence-electron chi connectivity index (χ1n) is 14.2. The summed E-state index contributed by atoms with van der Waals surface area (Å²) in [5.41, 5.74) is 9.29. The molecule has 0 unspecified atom stereocenters. The van der Waals surface area contributed by atoms with Gasteiger partial charge >= 0.3 is 0 Å². The molecule has 0 aliphatic heterocycles. The first-order valence-corrected chi connectivity index (χ1v) is 14.2. The summed E-state index contributed by atoms with van der Waals surface area (Å²) < 4.78 is 4.42. The predicted octanol–water partition coefficient (Wildman–Crippen LogP) is 9.16. The summed E-state index contributed by atoms with van der Waals surface area (Å²) in [4.78, 5) is 0. The Morgan fingerprint density at radius 3 is 1.55 bits per heavy atom. The van der Waals surface area contributed by atoms with E-state index in [-0.39, 0.29) is 0 Å². The molecule has 0 saturated heterocycles. The van der Waals surface area contributed by atoms with E-state index < -0.39 is 0 Å². The van der Waals surface area contributed by atoms with Crippen molar-refractivity contribution in [1.29, 1.82) is 15.8 Å². The number of aromatic nitrogens is 2. The second-order valence-electron chi connectivity index (χ2n) is 10.8. The van der Waals surface area contributed by atoms with Crippen molar-refractivity contribution in [2.45, 2.75) is 0 Å². The molecule has 8 aromatic rings. The van der Waals surface area contributed by atoms with Crippen LogP contribution in [-0.4, -0.2) is 9.13 Å². The number of nitrogens with zero attached hydrogens (tertiary/aromatic N) is 5. The second-order valence-corrected chi connectivity index (χ2v) is 10.8. The summed E-state index contributed by atoms with van der Waals surface area (Å²) >= 11 is 0. The van der Waals surface area contributed by atoms with Gasteiger partial charge in [0, 0.05) is 38.4 Å². The van der Waals surface area contributed by atoms with Gasteiger partial charge < -0.3 is 9.13 Å². The van der Waals surface area contributed by atoms with Crippen LogP contribution in [0.2, 0.25) is 0 Å². The number of nitriles is 3. The van der Waals surface area contributed by atoms with Crippen LogP contribution in [0.5, 0.6) is 0 Å². The molecule has 0 radical (unpaired) electrons. The zero-order valence-electron chi connectivity index (χ0n) is 23.4. The Morgan fingerprint density at radius 1 is 0.409 bits per heavy atom. The average molecular weight is 560 g/mol. The fraction of sp³-hybridized carbons (Fsp3) is 0. The summed E-state index contributed by atoms with van der Waals surface area (Å²) in [7, 11) is 0. The average Bonchev–Trinajstić information content (AvgIpc) is 3.60. The van der Waals surface area contributed by atoms with Crippen molar-refractivity contribution in [1.82, 2.24) is 9.13 Å². The van der Waals surface area contributed by atoms with E-state index in [1.807, 2.05) is 66.7 Å². The first-order chi connectivity index (χ1) is 21.7. The van der Waals surface area contributed by atoms with Gasteiger partial charge in [-0.3, -0.25) is 0 Å². The van der Waals surface area contributed by atoms with E-state index in [1.165, 1.54) is 10.8 Å². The van der Waals surface area contributed by atoms with Gasteiger partial charge in [0.15, 0.2) is 0 Å². The monoisotopic (exact) mass is 559 g/mol. The number of para-hydroxylation sites is 3. The predicted molar refractivity (Wildman–Crippen MR) is 175 cm³/mol. The van der Waals surface area contributed by atoms with Gasteiger partial charge in [0.2, 0.25) is 0 Å². The highest BCUT2D eigenvalue weighted by Crippen LogP contribution is 2.39. The fourth-order valence-electron chi connectivity index (χ4n) is 6.51. The zero-order valence-corrected chi connectivity index (χ0v) is 23.4. The van der Waals surface area contributed by atoms with Gasteiger partial charge in [-0.25, -0.2) is 0 Å². The minimum Gasteiger partial charge on any atom is -0.309 e. The maximum Gasteiger partial charge on any atom is 0.0998 e. The molecule has 44 heavy (non-hydrogen) atoms. The molecule has 8 rings (SSSR count). The smallest absolute Gasteiger partial charge is 0.0998 e. The lowest BCUT2D eigenvalue weighted by atomic mass is 9.97. The first kappa shape index (κ1) is 25.1. The SMILES string of the molecule is N#Cc1ccc2c(c1)c1cc(C#N)ccc1n2-c1ccccc1-c1cc(-n2c3ccccc3c3ccccc32)ccc1C#N. The van der Waals surface area contributed by atoms with Crippen molar-refractivity contribution >= 4 is 43.6 Å². The molecule has 2 aromatic heterocycles. The third kappa shape index (κ3) is 3.63. The van der Waals surface area contributed by atoms with Crippen molar-refractivity contribution in [3.05, 3.63) is 144 Å². The quantitative estimate of drug-likeness (QED) is 0.216. The van der Waals surface area contributed by atoms with E-state index >= 15 is 0 Å². The standard InChI is InChI=1S/C39H21N5/c40-22-25-13-17-38-33(19-25)34-20-26(23-41)14-18-39(34)44(38)37-12-6-3-9-31(37)32-21-28(16-15-27(32)24-42)43-35-10-4-1-7-29(35)30-8-2-5-11-36(30)43/h1-21H. The van der Waals surface area contributed by atoms with Crippen LogP contribution in [0, 0.1) is 34.0 Å². The van der Waals surface area contributed by atoms with Crippen molar-refractivity contribution in [2.75, 3.05) is 0 Å². The fourth-order valence-corrected chi connectivity index (χ4v) is 6.51. The molecular formula is C39H21N5. The molecule has 0 N–H and O–H groups in total. The summed E-state index contributed by atoms with van der Waals surface area (Å²) in [5, 5.41) is 33.7. The van der Waals surface area contributed by atoms with Crippen molar-refractivity contribution < 1.29 is 0 Å². The normalized spacial score (nSPS) is 11.1. The van der Waals surface area contributed by atoms with Gasteiger partial charge in [0.05, 0.1) is 62.7 Å². The Kier molecular flexibility index (Phi) is 5.56. The maximum atomic E-state index is 10.3. The third-order valence-corrected chi connectivity index (χ3v) is 8.42. The van der Waals surface area contributed by atoms with E-state index in [0.717, 1.165) is 55.3 Å². The Morgan fingerprint density at radius 2 is 0.955 bits per heavy atom. The largest absolute Gasteiger partial charge is 0.309 e. The summed E-state index contributed by atoms with van der Waals surface area (Å²) in [6.45, 7) is 0. The lowest BCUT2D eigenvalue weighted by molar-refractivity contribution is 1.17. The molecule has 0 amide bonds. The Bertz CT molecular complexity index is 2470. The molecule has 202 valence electrons. The van der Waals surface area contributed by atoms with Crippen LogP contribution in [0.4, 0.5) is 0 Å². The van der Waals surface area contributed by atoms with E-state index in [9.17, 15) is 15.8 Å². The number of benzene rings is 6. The van der Waals surface area contributed by atoms with Gasteiger partial charge in [-0.15, -0.1) is 0 Å². The summed E-state index contributed by atoms with van der Waals surface area (Å²) in [6, 6.07) is 49.1. The molecule has 0 atom stereocenters. The highest BCUT2D eigenvalue weighted by molar-refractivity contribution is 6.11. The minimum absolute atomic E-state index is 0.554. The number of hydrogen-bond acceptors (Lipinski definition) is 3. The van der Waals surface area contributed by atoms with Crippen molar-refractivity contribution in [3.8, 4) is 40.7 Å². The van der Waals surface area contributed by atoms with Crippen LogP contribution in [-0.2, 0) is 0 Å². The van der Waals surface area contributed by atoms with Gasteiger partial charge in [-0.1, -0.05) is 54.6 Å². The van der Waals surface area contributed by atoms with E-state index in [0.29, 0.717) is 16.7 Å². The highest BCUT2D eigenvalue weighted by atomic mass is 15.0. The molecule has 0 spiro atoms. The molecule has 0 saturated carbocycles. The van der Waals surface area contributed by atoms with Gasteiger partial charge in [0.1, 0.15) is 0 Å². The number of fused-ring (bicyclic) bond motifs is 6. The summed E-state index contributed by atoms with van der Waals surface area (Å²) in [5.74, 6) is 0. The maximum absolute atomic E-state index is 10.3. The van der Waals surface area contributed by atoms with Crippen LogP contribution in [0.3, 0.4) is 0 Å². The van der Waals surface area contributed by atoms with Gasteiger partial charge in [0.25, 0.3) is 0 Å². The molecule has 5 heteroatoms. The lowest BCUT2D eigenvalue weighted by Gasteiger charge is -2.17. The molecular weight excluding hydrogens is 538 g/mol. The molecule has 0 aliphatic carbocycles. The Labute approximate surface area is 252 Å². The van der Waals surface area contributed by atoms with Crippen molar-refractivity contribution in [3.63, 3.8) is 0 Å². The van der Waals surface area contributed by atoms with Crippen LogP contribution in [0.1, 0.15) is 16.7 Å². The third-order valence-electron chi connectivity index (χ3n) is 8.42. The summed E-state index contributed by atoms with van der Waals surface area (Å²) in [6.07, 6.45) is 0. The second kappa shape index (κ2) is 9.74. The number of rotatable bonds is 3. The number of hydrogen-bond donors (Lipinski definition) is 0. The molecule has 0 bridgehead atoms. The Balaban J connectivity index is 1.43. The van der Waals surface area contributed by atoms with Crippen LogP contribution in [0.25, 0.3) is 66.1 Å². The lowest BCUT2D eigenvalue weighted by Crippen LogP contribution is -2.00. The molecule has 6 aromatic carbocycles. The van der Waals surface area contributed by atoms with Gasteiger partial charge in [-0.05, 0) is 72.8 Å². The molecule has 5 nitrogen and oxygen atoms in total. The molecule has 0 fully saturated rings. The van der Waals surface area contributed by atoms with Gasteiger partial charge in [-0.2, -0.15) is 15.8 Å². The minimum atomic E-state index is 0.554. The molecule has 0 aliphatic rings. The Hall–Kier alpha value is -6.61. The zero-order chi connectivity index (χ0) is 29.8. The van der Waals surface area contributed by atoms with E-state index in [1.54, 1.807) is 0 Å². The topological polar surface area (TPSA) is 81.2 Å². The van der Waals surface area contributed by atoms with E-state index in [4.69, 9.17) is 0 Å². The van der Waals surface area contributed by atoms with Crippen LogP contribution in [0.15, 0.2) is 127 Å². The van der Waals surface area contributed by atoms with Crippen molar-refractivity contribution in [2.24, 2.45) is 0 Å². The van der Waals surface area contributed by atoms with Crippen LogP contribution < -0.4 is 0 Å². The van der Waals surface area contributed by atoms with E-state index in [2.05, 4.69) is 88.0 Å². The molecule has 2 heterocycles. The van der Waals surface area contributed by atoms with Crippen LogP contribution >= 0.6 is 0 Å². The highest BCUT2D eigenvalue weighted by Gasteiger charge is 2.19.